The molecular weight excluding hydrogens is 596 g/mol. The average molecular weight is 626 g/mol. The molecule has 0 spiro atoms. The Bertz CT molecular complexity index is 1680. The summed E-state index contributed by atoms with van der Waals surface area (Å²) in [5.41, 5.74) is 3.13. The number of aromatic nitrogens is 1. The lowest BCUT2D eigenvalue weighted by Crippen LogP contribution is -2.30. The summed E-state index contributed by atoms with van der Waals surface area (Å²) in [7, 11) is 0. The van der Waals surface area contributed by atoms with Crippen LogP contribution in [0.15, 0.2) is 83.3 Å². The second-order valence-electron chi connectivity index (χ2n) is 10.8. The summed E-state index contributed by atoms with van der Waals surface area (Å²) in [6.45, 7) is 1.80. The second kappa shape index (κ2) is 11.6. The van der Waals surface area contributed by atoms with Gasteiger partial charge >= 0.3 is 5.97 Å². The van der Waals surface area contributed by atoms with Gasteiger partial charge in [0, 0.05) is 21.0 Å². The van der Waals surface area contributed by atoms with Gasteiger partial charge in [-0.25, -0.2) is 9.78 Å². The van der Waals surface area contributed by atoms with Crippen molar-refractivity contribution in [2.75, 3.05) is 4.90 Å². The molecule has 4 aromatic rings. The first-order valence-electron chi connectivity index (χ1n) is 14.2. The van der Waals surface area contributed by atoms with Crippen molar-refractivity contribution >= 4 is 56.1 Å². The lowest BCUT2D eigenvalue weighted by Gasteiger charge is -2.19. The Morgan fingerprint density at radius 2 is 1.60 bits per heavy atom. The van der Waals surface area contributed by atoms with E-state index in [1.165, 1.54) is 4.90 Å². The van der Waals surface area contributed by atoms with E-state index in [0.29, 0.717) is 39.8 Å². The monoisotopic (exact) mass is 624 g/mol. The number of benzene rings is 3. The topological polar surface area (TPSA) is 93.6 Å². The number of carbonyl (C=O) groups is 4. The summed E-state index contributed by atoms with van der Waals surface area (Å²) < 4.78 is 6.56. The molecule has 3 aromatic carbocycles. The molecule has 1 aliphatic heterocycles. The molecule has 42 heavy (non-hydrogen) atoms. The Balaban J connectivity index is 1.32. The summed E-state index contributed by atoms with van der Waals surface area (Å²) in [6.07, 6.45) is 2.86. The van der Waals surface area contributed by atoms with E-state index < -0.39 is 12.1 Å². The predicted octanol–water partition coefficient (Wildman–Crippen LogP) is 7.16. The van der Waals surface area contributed by atoms with Crippen LogP contribution < -0.4 is 4.90 Å². The summed E-state index contributed by atoms with van der Waals surface area (Å²) in [4.78, 5) is 58.9. The SMILES string of the molecule is CCC(OC(=O)c1cc(-c2ccc(N3C(=O)C4CCCCC4C3=O)cc2)nc2ccc(Br)cc12)C(=O)c1ccccc1. The smallest absolute Gasteiger partial charge is 0.339 e. The van der Waals surface area contributed by atoms with Gasteiger partial charge in [0.15, 0.2) is 6.10 Å². The lowest BCUT2D eigenvalue weighted by atomic mass is 9.81. The van der Waals surface area contributed by atoms with Gasteiger partial charge in [-0.15, -0.1) is 0 Å². The van der Waals surface area contributed by atoms with Crippen molar-refractivity contribution in [3.05, 3.63) is 94.5 Å². The summed E-state index contributed by atoms with van der Waals surface area (Å²) in [5, 5.41) is 0.590. The van der Waals surface area contributed by atoms with E-state index >= 15 is 0 Å². The van der Waals surface area contributed by atoms with Gasteiger partial charge in [-0.3, -0.25) is 19.3 Å². The zero-order valence-corrected chi connectivity index (χ0v) is 24.7. The number of esters is 1. The third-order valence-electron chi connectivity index (χ3n) is 8.22. The predicted molar refractivity (Wildman–Crippen MR) is 163 cm³/mol. The number of ketones is 1. The van der Waals surface area contributed by atoms with E-state index in [1.54, 1.807) is 67.6 Å². The minimum atomic E-state index is -0.933. The van der Waals surface area contributed by atoms with Crippen molar-refractivity contribution in [3.8, 4) is 11.3 Å². The number of anilines is 1. The number of hydrogen-bond acceptors (Lipinski definition) is 6. The molecule has 3 atom stereocenters. The van der Waals surface area contributed by atoms with E-state index in [9.17, 15) is 19.2 Å². The Hall–Kier alpha value is -4.17. The zero-order valence-electron chi connectivity index (χ0n) is 23.1. The van der Waals surface area contributed by atoms with Crippen LogP contribution >= 0.6 is 15.9 Å². The number of pyridine rings is 1. The number of carbonyl (C=O) groups excluding carboxylic acids is 4. The molecule has 2 heterocycles. The Morgan fingerprint density at radius 3 is 2.24 bits per heavy atom. The van der Waals surface area contributed by atoms with Crippen molar-refractivity contribution < 1.29 is 23.9 Å². The van der Waals surface area contributed by atoms with Crippen molar-refractivity contribution in [1.82, 2.24) is 4.98 Å². The molecule has 0 bridgehead atoms. The molecule has 8 heteroatoms. The molecule has 1 aromatic heterocycles. The third kappa shape index (κ3) is 5.15. The fourth-order valence-electron chi connectivity index (χ4n) is 6.02. The minimum Gasteiger partial charge on any atom is -0.450 e. The maximum atomic E-state index is 13.6. The van der Waals surface area contributed by atoms with Crippen molar-refractivity contribution in [2.45, 2.75) is 45.1 Å². The number of amides is 2. The van der Waals surface area contributed by atoms with Crippen LogP contribution in [0.3, 0.4) is 0 Å². The highest BCUT2D eigenvalue weighted by atomic mass is 79.9. The van der Waals surface area contributed by atoms with Gasteiger partial charge in [-0.05, 0) is 55.7 Å². The first kappa shape index (κ1) is 28.0. The molecule has 212 valence electrons. The average Bonchev–Trinajstić information content (AvgIpc) is 3.28. The molecule has 6 rings (SSSR count). The van der Waals surface area contributed by atoms with Crippen LogP contribution in [0.25, 0.3) is 22.2 Å². The maximum Gasteiger partial charge on any atom is 0.339 e. The fraction of sp³-hybridized carbons (Fsp3) is 0.265. The van der Waals surface area contributed by atoms with E-state index in [2.05, 4.69) is 15.9 Å². The van der Waals surface area contributed by atoms with E-state index in [4.69, 9.17) is 9.72 Å². The number of halogens is 1. The maximum absolute atomic E-state index is 13.6. The standard InChI is InChI=1S/C34H29BrN2O5/c1-2-30(31(38)21-8-4-3-5-9-21)42-34(41)27-19-29(36-28-17-14-22(35)18-26(27)28)20-12-15-23(16-13-20)37-32(39)24-10-6-7-11-25(24)33(37)40/h3-5,8-9,12-19,24-25,30H,2,6-7,10-11H2,1H3. The van der Waals surface area contributed by atoms with Gasteiger partial charge in [-0.1, -0.05) is 78.2 Å². The summed E-state index contributed by atoms with van der Waals surface area (Å²) in [6, 6.07) is 23.0. The van der Waals surface area contributed by atoms with Gasteiger partial charge in [0.2, 0.25) is 17.6 Å². The highest BCUT2D eigenvalue weighted by molar-refractivity contribution is 9.10. The van der Waals surface area contributed by atoms with Gasteiger partial charge in [0.05, 0.1) is 34.3 Å². The Morgan fingerprint density at radius 1 is 0.929 bits per heavy atom. The Kier molecular flexibility index (Phi) is 7.73. The molecule has 0 N–H and O–H groups in total. The van der Waals surface area contributed by atoms with Gasteiger partial charge in [0.25, 0.3) is 0 Å². The Labute approximate surface area is 252 Å². The minimum absolute atomic E-state index is 0.118. The van der Waals surface area contributed by atoms with Crippen molar-refractivity contribution in [2.24, 2.45) is 11.8 Å². The van der Waals surface area contributed by atoms with Crippen molar-refractivity contribution in [3.63, 3.8) is 0 Å². The van der Waals surface area contributed by atoms with E-state index in [-0.39, 0.29) is 35.0 Å². The van der Waals surface area contributed by atoms with E-state index in [1.807, 2.05) is 18.2 Å². The molecule has 3 unspecified atom stereocenters. The molecule has 1 saturated heterocycles. The zero-order chi connectivity index (χ0) is 29.4. The highest BCUT2D eigenvalue weighted by Gasteiger charge is 2.48. The van der Waals surface area contributed by atoms with Crippen LogP contribution in [0.1, 0.15) is 59.7 Å². The van der Waals surface area contributed by atoms with Gasteiger partial charge < -0.3 is 4.74 Å². The molecular formula is C34H29BrN2O5. The summed E-state index contributed by atoms with van der Waals surface area (Å²) in [5.74, 6) is -1.55. The molecule has 2 fully saturated rings. The van der Waals surface area contributed by atoms with E-state index in [0.717, 1.165) is 30.2 Å². The van der Waals surface area contributed by atoms with Crippen LogP contribution in [0, 0.1) is 11.8 Å². The lowest BCUT2D eigenvalue weighted by molar-refractivity contribution is -0.122. The van der Waals surface area contributed by atoms with Crippen LogP contribution in [0.4, 0.5) is 5.69 Å². The molecule has 7 nitrogen and oxygen atoms in total. The number of Topliss-reactive ketones (excluding diaryl/α,β-unsaturated/α-hetero) is 1. The van der Waals surface area contributed by atoms with Crippen molar-refractivity contribution in [1.29, 1.82) is 0 Å². The van der Waals surface area contributed by atoms with Gasteiger partial charge in [0.1, 0.15) is 0 Å². The molecule has 1 saturated carbocycles. The van der Waals surface area contributed by atoms with Crippen LogP contribution in [-0.2, 0) is 14.3 Å². The first-order valence-corrected chi connectivity index (χ1v) is 15.0. The molecule has 1 aliphatic carbocycles. The number of rotatable bonds is 7. The number of ether oxygens (including phenoxy) is 1. The number of imide groups is 1. The van der Waals surface area contributed by atoms with Crippen LogP contribution in [0.5, 0.6) is 0 Å². The third-order valence-corrected chi connectivity index (χ3v) is 8.72. The number of nitrogens with zero attached hydrogens (tertiary/aromatic N) is 2. The molecule has 2 amide bonds. The summed E-state index contributed by atoms with van der Waals surface area (Å²) >= 11 is 3.48. The van der Waals surface area contributed by atoms with Gasteiger partial charge in [-0.2, -0.15) is 0 Å². The van der Waals surface area contributed by atoms with Crippen LogP contribution in [0.2, 0.25) is 0 Å². The number of hydrogen-bond donors (Lipinski definition) is 0. The molecule has 0 radical (unpaired) electrons. The quantitative estimate of drug-likeness (QED) is 0.123. The fourth-order valence-corrected chi connectivity index (χ4v) is 6.38. The highest BCUT2D eigenvalue weighted by Crippen LogP contribution is 2.40. The second-order valence-corrected chi connectivity index (χ2v) is 11.7. The normalized spacial score (nSPS) is 19.0. The molecule has 2 aliphatic rings. The number of fused-ring (bicyclic) bond motifs is 2. The first-order chi connectivity index (χ1) is 20.4. The van der Waals surface area contributed by atoms with Crippen LogP contribution in [-0.4, -0.2) is 34.7 Å². The largest absolute Gasteiger partial charge is 0.450 e.